The zero-order valence-electron chi connectivity index (χ0n) is 12.3. The van der Waals surface area contributed by atoms with Gasteiger partial charge in [0.1, 0.15) is 0 Å². The minimum absolute atomic E-state index is 0.235. The van der Waals surface area contributed by atoms with E-state index in [1.807, 2.05) is 13.8 Å². The van der Waals surface area contributed by atoms with Crippen molar-refractivity contribution in [1.29, 1.82) is 0 Å². The molecule has 1 atom stereocenters. The van der Waals surface area contributed by atoms with Crippen molar-refractivity contribution in [3.05, 3.63) is 35.9 Å². The van der Waals surface area contributed by atoms with Gasteiger partial charge in [0.25, 0.3) is 0 Å². The lowest BCUT2D eigenvalue weighted by molar-refractivity contribution is 0.567. The molecule has 0 aliphatic heterocycles. The van der Waals surface area contributed by atoms with Crippen molar-refractivity contribution in [2.75, 3.05) is 0 Å². The smallest absolute Gasteiger partial charge is 0.242 e. The Morgan fingerprint density at radius 3 is 2.67 bits per heavy atom. The molecule has 2 aromatic rings. The van der Waals surface area contributed by atoms with Crippen molar-refractivity contribution >= 4 is 10.0 Å². The summed E-state index contributed by atoms with van der Waals surface area (Å²) in [7, 11) is -3.55. The standard InChI is InChI=1S/C13H21N5O2S/c1-9(2)14-7-12-4-13(8-15-12)21(19,20)18-10(3)11-5-16-17-6-11/h4-6,8-10,14-15,18H,7H2,1-3H3,(H,16,17). The highest BCUT2D eigenvalue weighted by molar-refractivity contribution is 7.89. The molecule has 0 aromatic carbocycles. The van der Waals surface area contributed by atoms with Gasteiger partial charge in [0.15, 0.2) is 0 Å². The number of hydrogen-bond acceptors (Lipinski definition) is 4. The molecule has 116 valence electrons. The maximum atomic E-state index is 12.3. The van der Waals surface area contributed by atoms with Gasteiger partial charge in [0, 0.05) is 42.3 Å². The van der Waals surface area contributed by atoms with E-state index in [1.54, 1.807) is 25.4 Å². The van der Waals surface area contributed by atoms with Crippen molar-refractivity contribution in [1.82, 2.24) is 25.2 Å². The largest absolute Gasteiger partial charge is 0.363 e. The van der Waals surface area contributed by atoms with Crippen LogP contribution < -0.4 is 10.0 Å². The highest BCUT2D eigenvalue weighted by Gasteiger charge is 2.20. The topological polar surface area (TPSA) is 103 Å². The van der Waals surface area contributed by atoms with Crippen LogP contribution in [0.2, 0.25) is 0 Å². The van der Waals surface area contributed by atoms with Crippen molar-refractivity contribution in [3.63, 3.8) is 0 Å². The van der Waals surface area contributed by atoms with Crippen LogP contribution in [0.1, 0.15) is 38.1 Å². The van der Waals surface area contributed by atoms with E-state index in [4.69, 9.17) is 0 Å². The van der Waals surface area contributed by atoms with Crippen molar-refractivity contribution in [3.8, 4) is 0 Å². The van der Waals surface area contributed by atoms with Gasteiger partial charge in [-0.2, -0.15) is 5.10 Å². The molecule has 8 heteroatoms. The van der Waals surface area contributed by atoms with Gasteiger partial charge in [-0.1, -0.05) is 13.8 Å². The first-order valence-electron chi connectivity index (χ1n) is 6.80. The molecule has 0 spiro atoms. The summed E-state index contributed by atoms with van der Waals surface area (Å²) >= 11 is 0. The van der Waals surface area contributed by atoms with Crippen LogP contribution >= 0.6 is 0 Å². The van der Waals surface area contributed by atoms with Gasteiger partial charge in [-0.05, 0) is 13.0 Å². The quantitative estimate of drug-likeness (QED) is 0.618. The lowest BCUT2D eigenvalue weighted by atomic mass is 10.2. The van der Waals surface area contributed by atoms with Crippen LogP contribution in [0.15, 0.2) is 29.6 Å². The molecule has 21 heavy (non-hydrogen) atoms. The van der Waals surface area contributed by atoms with Crippen molar-refractivity contribution in [2.24, 2.45) is 0 Å². The average Bonchev–Trinajstić information content (AvgIpc) is 3.07. The van der Waals surface area contributed by atoms with E-state index < -0.39 is 10.0 Å². The van der Waals surface area contributed by atoms with Crippen molar-refractivity contribution in [2.45, 2.75) is 44.3 Å². The number of H-pyrrole nitrogens is 2. The second kappa shape index (κ2) is 6.42. The van der Waals surface area contributed by atoms with Gasteiger partial charge >= 0.3 is 0 Å². The van der Waals surface area contributed by atoms with Gasteiger partial charge in [0.2, 0.25) is 10.0 Å². The molecular formula is C13H21N5O2S. The number of aromatic amines is 2. The normalized spacial score (nSPS) is 13.7. The Bertz CT molecular complexity index is 661. The van der Waals surface area contributed by atoms with E-state index in [0.29, 0.717) is 12.6 Å². The van der Waals surface area contributed by atoms with Crippen LogP contribution in [-0.2, 0) is 16.6 Å². The molecule has 4 N–H and O–H groups in total. The molecule has 0 saturated heterocycles. The number of hydrogen-bond donors (Lipinski definition) is 4. The van der Waals surface area contributed by atoms with Gasteiger partial charge in [-0.3, -0.25) is 5.10 Å². The third-order valence-electron chi connectivity index (χ3n) is 3.08. The summed E-state index contributed by atoms with van der Waals surface area (Å²) < 4.78 is 27.2. The van der Waals surface area contributed by atoms with E-state index in [0.717, 1.165) is 11.3 Å². The van der Waals surface area contributed by atoms with Gasteiger partial charge < -0.3 is 10.3 Å². The molecule has 0 aliphatic rings. The number of sulfonamides is 1. The number of aromatic nitrogens is 3. The van der Waals surface area contributed by atoms with Crippen LogP contribution in [0.25, 0.3) is 0 Å². The first kappa shape index (κ1) is 15.7. The Morgan fingerprint density at radius 1 is 1.29 bits per heavy atom. The molecule has 0 bridgehead atoms. The second-order valence-electron chi connectivity index (χ2n) is 5.27. The summed E-state index contributed by atoms with van der Waals surface area (Å²) in [6, 6.07) is 1.63. The summed E-state index contributed by atoms with van der Waals surface area (Å²) in [6.45, 7) is 6.45. The third kappa shape index (κ3) is 4.16. The van der Waals surface area contributed by atoms with Crippen LogP contribution in [0.4, 0.5) is 0 Å². The van der Waals surface area contributed by atoms with Crippen molar-refractivity contribution < 1.29 is 8.42 Å². The predicted octanol–water partition coefficient (Wildman–Crippen LogP) is 1.28. The summed E-state index contributed by atoms with van der Waals surface area (Å²) in [4.78, 5) is 3.21. The predicted molar refractivity (Wildman–Crippen MR) is 80.1 cm³/mol. The highest BCUT2D eigenvalue weighted by Crippen LogP contribution is 2.16. The molecule has 7 nitrogen and oxygen atoms in total. The average molecular weight is 311 g/mol. The van der Waals surface area contributed by atoms with Gasteiger partial charge in [-0.15, -0.1) is 0 Å². The first-order chi connectivity index (χ1) is 9.88. The van der Waals surface area contributed by atoms with Crippen LogP contribution in [0.3, 0.4) is 0 Å². The molecule has 2 rings (SSSR count). The summed E-state index contributed by atoms with van der Waals surface area (Å²) in [6.07, 6.45) is 4.77. The fourth-order valence-corrected chi connectivity index (χ4v) is 3.11. The number of nitrogens with one attached hydrogen (secondary N) is 4. The fraction of sp³-hybridized carbons (Fsp3) is 0.462. The molecule has 0 saturated carbocycles. The summed E-state index contributed by atoms with van der Waals surface area (Å²) in [5, 5.41) is 9.72. The summed E-state index contributed by atoms with van der Waals surface area (Å²) in [5.41, 5.74) is 1.62. The highest BCUT2D eigenvalue weighted by atomic mass is 32.2. The Kier molecular flexibility index (Phi) is 4.81. The minimum Gasteiger partial charge on any atom is -0.363 e. The van der Waals surface area contributed by atoms with E-state index in [9.17, 15) is 8.42 Å². The van der Waals surface area contributed by atoms with E-state index in [2.05, 4.69) is 25.2 Å². The van der Waals surface area contributed by atoms with E-state index in [-0.39, 0.29) is 10.9 Å². The lowest BCUT2D eigenvalue weighted by Gasteiger charge is -2.11. The number of rotatable bonds is 7. The van der Waals surface area contributed by atoms with Crippen LogP contribution in [0.5, 0.6) is 0 Å². The second-order valence-corrected chi connectivity index (χ2v) is 6.98. The third-order valence-corrected chi connectivity index (χ3v) is 4.60. The molecule has 0 fully saturated rings. The Morgan fingerprint density at radius 2 is 2.05 bits per heavy atom. The Labute approximate surface area is 124 Å². The molecule has 0 radical (unpaired) electrons. The molecule has 0 aliphatic carbocycles. The van der Waals surface area contributed by atoms with E-state index >= 15 is 0 Å². The fourth-order valence-electron chi connectivity index (χ4n) is 1.86. The van der Waals surface area contributed by atoms with Crippen LogP contribution in [-0.4, -0.2) is 29.6 Å². The molecule has 1 unspecified atom stereocenters. The maximum absolute atomic E-state index is 12.3. The monoisotopic (exact) mass is 311 g/mol. The van der Waals surface area contributed by atoms with Crippen LogP contribution in [0, 0.1) is 0 Å². The van der Waals surface area contributed by atoms with Gasteiger partial charge in [-0.25, -0.2) is 13.1 Å². The molecule has 0 amide bonds. The SMILES string of the molecule is CC(C)NCc1cc(S(=O)(=O)NC(C)c2cn[nH]c2)c[nH]1. The first-order valence-corrected chi connectivity index (χ1v) is 8.28. The number of nitrogens with zero attached hydrogens (tertiary/aromatic N) is 1. The molecule has 2 aromatic heterocycles. The van der Waals surface area contributed by atoms with E-state index in [1.165, 1.54) is 6.20 Å². The van der Waals surface area contributed by atoms with Gasteiger partial charge in [0.05, 0.1) is 11.1 Å². The minimum atomic E-state index is -3.55. The maximum Gasteiger partial charge on any atom is 0.242 e. The lowest BCUT2D eigenvalue weighted by Crippen LogP contribution is -2.26. The molecular weight excluding hydrogens is 290 g/mol. The summed E-state index contributed by atoms with van der Waals surface area (Å²) in [5.74, 6) is 0. The Hall–Kier alpha value is -1.64. The zero-order chi connectivity index (χ0) is 15.5. The Balaban J connectivity index is 2.05. The zero-order valence-corrected chi connectivity index (χ0v) is 13.2. The molecule has 2 heterocycles.